The van der Waals surface area contributed by atoms with Crippen molar-refractivity contribution in [1.82, 2.24) is 20.1 Å². The highest BCUT2D eigenvalue weighted by molar-refractivity contribution is 5.93. The van der Waals surface area contributed by atoms with Crippen LogP contribution in [-0.2, 0) is 6.42 Å². The molecule has 0 fully saturated rings. The molecule has 1 N–H and O–H groups in total. The van der Waals surface area contributed by atoms with Crippen LogP contribution in [0, 0.1) is 0 Å². The molecule has 0 aliphatic heterocycles. The fourth-order valence-electron chi connectivity index (χ4n) is 2.14. The van der Waals surface area contributed by atoms with Gasteiger partial charge in [-0.05, 0) is 36.2 Å². The van der Waals surface area contributed by atoms with E-state index in [1.807, 2.05) is 47.4 Å². The first-order valence-corrected chi connectivity index (χ1v) is 7.10. The molecular weight excluding hydrogens is 276 g/mol. The summed E-state index contributed by atoms with van der Waals surface area (Å²) >= 11 is 0. The highest BCUT2D eigenvalue weighted by Gasteiger charge is 2.05. The lowest BCUT2D eigenvalue weighted by atomic mass is 10.2. The molecule has 0 aliphatic rings. The Bertz CT molecular complexity index is 738. The number of pyridine rings is 1. The van der Waals surface area contributed by atoms with Crippen LogP contribution in [0.1, 0.15) is 15.9 Å². The zero-order valence-corrected chi connectivity index (χ0v) is 12.0. The van der Waals surface area contributed by atoms with Gasteiger partial charge in [0.05, 0.1) is 11.9 Å². The number of para-hydroxylation sites is 1. The Morgan fingerprint density at radius 3 is 2.64 bits per heavy atom. The summed E-state index contributed by atoms with van der Waals surface area (Å²) in [5.74, 6) is -0.0853. The summed E-state index contributed by atoms with van der Waals surface area (Å²) in [5, 5.41) is 7.23. The monoisotopic (exact) mass is 292 g/mol. The minimum absolute atomic E-state index is 0.0853. The molecular formula is C17H16N4O. The van der Waals surface area contributed by atoms with Crippen molar-refractivity contribution >= 4 is 5.91 Å². The molecule has 2 heterocycles. The predicted molar refractivity (Wildman–Crippen MR) is 83.8 cm³/mol. The lowest BCUT2D eigenvalue weighted by Gasteiger charge is -2.03. The van der Waals surface area contributed by atoms with Gasteiger partial charge in [0.2, 0.25) is 0 Å². The van der Waals surface area contributed by atoms with Gasteiger partial charge in [0.25, 0.3) is 5.91 Å². The number of hydrogen-bond acceptors (Lipinski definition) is 3. The van der Waals surface area contributed by atoms with E-state index in [0.717, 1.165) is 17.7 Å². The fraction of sp³-hybridized carbons (Fsp3) is 0.118. The Morgan fingerprint density at radius 2 is 1.86 bits per heavy atom. The molecule has 0 atom stereocenters. The zero-order valence-electron chi connectivity index (χ0n) is 12.0. The van der Waals surface area contributed by atoms with Crippen LogP contribution in [0.5, 0.6) is 0 Å². The second-order valence-electron chi connectivity index (χ2n) is 4.87. The molecule has 0 aliphatic carbocycles. The van der Waals surface area contributed by atoms with Gasteiger partial charge in [-0.2, -0.15) is 5.10 Å². The number of nitrogens with one attached hydrogen (secondary N) is 1. The molecule has 1 aromatic carbocycles. The number of nitrogens with zero attached hydrogens (tertiary/aromatic N) is 3. The predicted octanol–water partition coefficient (Wildman–Crippen LogP) is 2.24. The average molecular weight is 292 g/mol. The van der Waals surface area contributed by atoms with Crippen LogP contribution in [-0.4, -0.2) is 27.2 Å². The number of hydrogen-bond donors (Lipinski definition) is 1. The molecule has 0 saturated heterocycles. The highest BCUT2D eigenvalue weighted by atomic mass is 16.1. The Labute approximate surface area is 128 Å². The van der Waals surface area contributed by atoms with Crippen molar-refractivity contribution in [2.24, 2.45) is 0 Å². The largest absolute Gasteiger partial charge is 0.352 e. The van der Waals surface area contributed by atoms with Crippen LogP contribution in [0.2, 0.25) is 0 Å². The molecule has 2 aromatic heterocycles. The van der Waals surface area contributed by atoms with Gasteiger partial charge < -0.3 is 5.32 Å². The quantitative estimate of drug-likeness (QED) is 0.784. The van der Waals surface area contributed by atoms with Crippen LogP contribution >= 0.6 is 0 Å². The number of benzene rings is 1. The maximum atomic E-state index is 11.9. The lowest BCUT2D eigenvalue weighted by molar-refractivity contribution is 0.0954. The van der Waals surface area contributed by atoms with Gasteiger partial charge in [-0.15, -0.1) is 0 Å². The van der Waals surface area contributed by atoms with Crippen LogP contribution in [0.25, 0.3) is 5.69 Å². The molecule has 5 heteroatoms. The molecule has 110 valence electrons. The van der Waals surface area contributed by atoms with E-state index in [2.05, 4.69) is 15.4 Å². The van der Waals surface area contributed by atoms with Gasteiger partial charge in [0.15, 0.2) is 0 Å². The summed E-state index contributed by atoms with van der Waals surface area (Å²) in [6.45, 7) is 0.571. The van der Waals surface area contributed by atoms with Crippen LogP contribution in [0.3, 0.4) is 0 Å². The van der Waals surface area contributed by atoms with E-state index in [4.69, 9.17) is 0 Å². The number of amides is 1. The lowest BCUT2D eigenvalue weighted by Crippen LogP contribution is -2.25. The molecule has 0 radical (unpaired) electrons. The van der Waals surface area contributed by atoms with Gasteiger partial charge >= 0.3 is 0 Å². The average Bonchev–Trinajstić information content (AvgIpc) is 3.05. The summed E-state index contributed by atoms with van der Waals surface area (Å²) in [7, 11) is 0. The second kappa shape index (κ2) is 6.67. The zero-order chi connectivity index (χ0) is 15.2. The van der Waals surface area contributed by atoms with Crippen molar-refractivity contribution < 1.29 is 4.79 Å². The third-order valence-corrected chi connectivity index (χ3v) is 3.30. The third-order valence-electron chi connectivity index (χ3n) is 3.30. The number of rotatable bonds is 5. The summed E-state index contributed by atoms with van der Waals surface area (Å²) in [6, 6.07) is 13.3. The molecule has 22 heavy (non-hydrogen) atoms. The van der Waals surface area contributed by atoms with Crippen molar-refractivity contribution in [2.45, 2.75) is 6.42 Å². The minimum atomic E-state index is -0.0853. The standard InChI is InChI=1S/C17H16N4O/c22-17(15-7-9-18-10-8-15)19-11-6-14-12-20-21(13-14)16-4-2-1-3-5-16/h1-5,7-10,12-13H,6,11H2,(H,19,22). The van der Waals surface area contributed by atoms with Crippen molar-refractivity contribution in [3.05, 3.63) is 78.4 Å². The fourth-order valence-corrected chi connectivity index (χ4v) is 2.14. The first-order valence-electron chi connectivity index (χ1n) is 7.10. The summed E-state index contributed by atoms with van der Waals surface area (Å²) < 4.78 is 1.83. The molecule has 1 amide bonds. The summed E-state index contributed by atoms with van der Waals surface area (Å²) in [5.41, 5.74) is 2.73. The maximum Gasteiger partial charge on any atom is 0.251 e. The van der Waals surface area contributed by atoms with Crippen molar-refractivity contribution in [3.63, 3.8) is 0 Å². The van der Waals surface area contributed by atoms with Crippen LogP contribution in [0.15, 0.2) is 67.3 Å². The number of carbonyl (C=O) groups is 1. The van der Waals surface area contributed by atoms with Gasteiger partial charge in [0.1, 0.15) is 0 Å². The third kappa shape index (κ3) is 3.38. The molecule has 5 nitrogen and oxygen atoms in total. The highest BCUT2D eigenvalue weighted by Crippen LogP contribution is 2.07. The van der Waals surface area contributed by atoms with E-state index < -0.39 is 0 Å². The SMILES string of the molecule is O=C(NCCc1cnn(-c2ccccc2)c1)c1ccncc1. The van der Waals surface area contributed by atoms with E-state index in [9.17, 15) is 4.79 Å². The Morgan fingerprint density at radius 1 is 1.09 bits per heavy atom. The van der Waals surface area contributed by atoms with E-state index in [0.29, 0.717) is 12.1 Å². The molecule has 0 bridgehead atoms. The molecule has 0 spiro atoms. The smallest absolute Gasteiger partial charge is 0.251 e. The van der Waals surface area contributed by atoms with E-state index in [-0.39, 0.29) is 5.91 Å². The number of carbonyl (C=O) groups excluding carboxylic acids is 1. The first-order chi connectivity index (χ1) is 10.8. The topological polar surface area (TPSA) is 59.8 Å². The van der Waals surface area contributed by atoms with Gasteiger partial charge in [-0.1, -0.05) is 18.2 Å². The molecule has 3 aromatic rings. The van der Waals surface area contributed by atoms with Gasteiger partial charge in [-0.3, -0.25) is 9.78 Å². The minimum Gasteiger partial charge on any atom is -0.352 e. The molecule has 0 unspecified atom stereocenters. The van der Waals surface area contributed by atoms with E-state index in [1.165, 1.54) is 0 Å². The summed E-state index contributed by atoms with van der Waals surface area (Å²) in [6.07, 6.45) is 7.76. The van der Waals surface area contributed by atoms with Crippen LogP contribution < -0.4 is 5.32 Å². The maximum absolute atomic E-state index is 11.9. The van der Waals surface area contributed by atoms with Crippen LogP contribution in [0.4, 0.5) is 0 Å². The number of aromatic nitrogens is 3. The van der Waals surface area contributed by atoms with E-state index >= 15 is 0 Å². The first kappa shape index (κ1) is 14.0. The van der Waals surface area contributed by atoms with Crippen molar-refractivity contribution in [2.75, 3.05) is 6.54 Å². The van der Waals surface area contributed by atoms with Crippen molar-refractivity contribution in [3.8, 4) is 5.69 Å². The molecule has 0 saturated carbocycles. The second-order valence-corrected chi connectivity index (χ2v) is 4.87. The van der Waals surface area contributed by atoms with Crippen molar-refractivity contribution in [1.29, 1.82) is 0 Å². The Balaban J connectivity index is 1.55. The van der Waals surface area contributed by atoms with E-state index in [1.54, 1.807) is 24.5 Å². The summed E-state index contributed by atoms with van der Waals surface area (Å²) in [4.78, 5) is 15.8. The molecule has 3 rings (SSSR count). The normalized spacial score (nSPS) is 10.4. The Hall–Kier alpha value is -2.95. The Kier molecular flexibility index (Phi) is 4.25. The van der Waals surface area contributed by atoms with Gasteiger partial charge in [0, 0.05) is 30.7 Å². The van der Waals surface area contributed by atoms with Gasteiger partial charge in [-0.25, -0.2) is 4.68 Å².